The molecular formula is C13H18N4S2. The number of thioether (sulfide) groups is 1. The summed E-state index contributed by atoms with van der Waals surface area (Å²) in [5.74, 6) is 2.50. The third-order valence-corrected chi connectivity index (χ3v) is 5.48. The molecule has 0 spiro atoms. The van der Waals surface area contributed by atoms with E-state index < -0.39 is 0 Å². The minimum Gasteiger partial charge on any atom is -0.368 e. The second-order valence-electron chi connectivity index (χ2n) is 5.51. The van der Waals surface area contributed by atoms with Crippen LogP contribution in [-0.4, -0.2) is 33.6 Å². The lowest BCUT2D eigenvalue weighted by atomic mass is 10.2. The van der Waals surface area contributed by atoms with Gasteiger partial charge in [0.25, 0.3) is 0 Å². The highest BCUT2D eigenvalue weighted by molar-refractivity contribution is 8.00. The van der Waals surface area contributed by atoms with Gasteiger partial charge in [0.05, 0.1) is 5.39 Å². The number of nitrogen functional groups attached to an aromatic ring is 1. The van der Waals surface area contributed by atoms with E-state index in [1.807, 2.05) is 11.8 Å². The number of aromatic nitrogens is 2. The molecule has 1 saturated heterocycles. The van der Waals surface area contributed by atoms with Crippen molar-refractivity contribution in [2.45, 2.75) is 25.5 Å². The van der Waals surface area contributed by atoms with Crippen LogP contribution in [0.1, 0.15) is 18.7 Å². The van der Waals surface area contributed by atoms with E-state index in [1.165, 1.54) is 4.88 Å². The summed E-state index contributed by atoms with van der Waals surface area (Å²) in [6.45, 7) is 8.68. The lowest BCUT2D eigenvalue weighted by Gasteiger charge is -2.38. The minimum absolute atomic E-state index is 0.259. The van der Waals surface area contributed by atoms with Crippen LogP contribution in [0.5, 0.6) is 0 Å². The molecule has 19 heavy (non-hydrogen) atoms. The van der Waals surface area contributed by atoms with Crippen LogP contribution in [0, 0.1) is 6.92 Å². The predicted octanol–water partition coefficient (Wildman–Crippen LogP) is 2.91. The second kappa shape index (κ2) is 4.52. The highest BCUT2D eigenvalue weighted by Crippen LogP contribution is 2.36. The Morgan fingerprint density at radius 3 is 2.89 bits per heavy atom. The summed E-state index contributed by atoms with van der Waals surface area (Å²) in [5, 5.41) is 1.14. The number of aryl methyl sites for hydroxylation is 1. The van der Waals surface area contributed by atoms with Gasteiger partial charge in [-0.3, -0.25) is 0 Å². The maximum atomic E-state index is 5.86. The molecule has 2 aromatic rings. The van der Waals surface area contributed by atoms with Crippen molar-refractivity contribution in [2.24, 2.45) is 0 Å². The molecule has 6 heteroatoms. The SMILES string of the molecule is Cc1cc2c(N3CCSC(C)(C)C3)nc(N)nc2s1. The molecular weight excluding hydrogens is 276 g/mol. The second-order valence-corrected chi connectivity index (χ2v) is 8.55. The third-order valence-electron chi connectivity index (χ3n) is 3.24. The zero-order valence-corrected chi connectivity index (χ0v) is 13.1. The molecule has 102 valence electrons. The Kier molecular flexibility index (Phi) is 3.09. The fourth-order valence-corrected chi connectivity index (χ4v) is 4.47. The van der Waals surface area contributed by atoms with Gasteiger partial charge in [-0.1, -0.05) is 0 Å². The molecule has 3 heterocycles. The van der Waals surface area contributed by atoms with Crippen molar-refractivity contribution in [3.63, 3.8) is 0 Å². The summed E-state index contributed by atoms with van der Waals surface area (Å²) in [6.07, 6.45) is 0. The Labute approximate surface area is 121 Å². The van der Waals surface area contributed by atoms with E-state index in [1.54, 1.807) is 11.3 Å². The summed E-state index contributed by atoms with van der Waals surface area (Å²) >= 11 is 3.70. The molecule has 0 atom stereocenters. The summed E-state index contributed by atoms with van der Waals surface area (Å²) in [7, 11) is 0. The topological polar surface area (TPSA) is 55.0 Å². The molecule has 4 nitrogen and oxygen atoms in total. The van der Waals surface area contributed by atoms with Gasteiger partial charge in [0.1, 0.15) is 10.6 Å². The van der Waals surface area contributed by atoms with Crippen LogP contribution in [0.3, 0.4) is 0 Å². The number of nitrogens with zero attached hydrogens (tertiary/aromatic N) is 3. The van der Waals surface area contributed by atoms with Gasteiger partial charge >= 0.3 is 0 Å². The lowest BCUT2D eigenvalue weighted by Crippen LogP contribution is -2.43. The zero-order valence-electron chi connectivity index (χ0n) is 11.4. The average molecular weight is 294 g/mol. The van der Waals surface area contributed by atoms with E-state index in [0.717, 1.165) is 34.9 Å². The van der Waals surface area contributed by atoms with Gasteiger partial charge in [0, 0.05) is 28.5 Å². The molecule has 0 amide bonds. The Morgan fingerprint density at radius 2 is 2.16 bits per heavy atom. The van der Waals surface area contributed by atoms with Gasteiger partial charge in [-0.2, -0.15) is 16.7 Å². The molecule has 1 fully saturated rings. The zero-order chi connectivity index (χ0) is 13.6. The fourth-order valence-electron chi connectivity index (χ4n) is 2.48. The third kappa shape index (κ3) is 2.51. The molecule has 2 aromatic heterocycles. The standard InChI is InChI=1S/C13H18N4S2/c1-8-6-9-10(15-12(14)16-11(9)19-8)17-4-5-18-13(2,3)7-17/h6H,4-5,7H2,1-3H3,(H2,14,15,16). The highest BCUT2D eigenvalue weighted by atomic mass is 32.2. The quantitative estimate of drug-likeness (QED) is 0.876. The highest BCUT2D eigenvalue weighted by Gasteiger charge is 2.29. The summed E-state index contributed by atoms with van der Waals surface area (Å²) in [4.78, 5) is 13.4. The number of fused-ring (bicyclic) bond motifs is 1. The van der Waals surface area contributed by atoms with Crippen molar-refractivity contribution >= 4 is 45.1 Å². The molecule has 0 radical (unpaired) electrons. The van der Waals surface area contributed by atoms with Crippen molar-refractivity contribution < 1.29 is 0 Å². The van der Waals surface area contributed by atoms with Gasteiger partial charge < -0.3 is 10.6 Å². The first-order chi connectivity index (χ1) is 8.94. The Hall–Kier alpha value is -1.01. The fraction of sp³-hybridized carbons (Fsp3) is 0.538. The molecule has 0 bridgehead atoms. The Bertz CT molecular complexity index is 620. The van der Waals surface area contributed by atoms with E-state index >= 15 is 0 Å². The number of hydrogen-bond donors (Lipinski definition) is 1. The first-order valence-electron chi connectivity index (χ1n) is 6.37. The minimum atomic E-state index is 0.259. The average Bonchev–Trinajstić information content (AvgIpc) is 2.66. The van der Waals surface area contributed by atoms with Crippen LogP contribution in [0.15, 0.2) is 6.07 Å². The molecule has 0 aliphatic carbocycles. The maximum Gasteiger partial charge on any atom is 0.223 e. The smallest absolute Gasteiger partial charge is 0.223 e. The normalized spacial score (nSPS) is 19.0. The van der Waals surface area contributed by atoms with E-state index in [9.17, 15) is 0 Å². The van der Waals surface area contributed by atoms with Gasteiger partial charge in [-0.15, -0.1) is 11.3 Å². The summed E-state index contributed by atoms with van der Waals surface area (Å²) in [6, 6.07) is 2.17. The van der Waals surface area contributed by atoms with Crippen LogP contribution >= 0.6 is 23.1 Å². The molecule has 1 aliphatic rings. The molecule has 2 N–H and O–H groups in total. The van der Waals surface area contributed by atoms with Gasteiger partial charge in [0.15, 0.2) is 0 Å². The van der Waals surface area contributed by atoms with Crippen LogP contribution in [0.25, 0.3) is 10.2 Å². The number of hydrogen-bond acceptors (Lipinski definition) is 6. The van der Waals surface area contributed by atoms with Gasteiger partial charge in [-0.25, -0.2) is 4.98 Å². The van der Waals surface area contributed by atoms with Crippen molar-refractivity contribution in [3.05, 3.63) is 10.9 Å². The summed E-state index contributed by atoms with van der Waals surface area (Å²) < 4.78 is 0.259. The van der Waals surface area contributed by atoms with Crippen molar-refractivity contribution in [1.29, 1.82) is 0 Å². The molecule has 0 unspecified atom stereocenters. The number of thiophene rings is 1. The van der Waals surface area contributed by atoms with Crippen molar-refractivity contribution in [3.8, 4) is 0 Å². The molecule has 3 rings (SSSR count). The van der Waals surface area contributed by atoms with Crippen LogP contribution < -0.4 is 10.6 Å². The largest absolute Gasteiger partial charge is 0.368 e. The van der Waals surface area contributed by atoms with E-state index in [0.29, 0.717) is 5.95 Å². The monoisotopic (exact) mass is 294 g/mol. The van der Waals surface area contributed by atoms with Crippen LogP contribution in [-0.2, 0) is 0 Å². The molecule has 0 aromatic carbocycles. The van der Waals surface area contributed by atoms with Gasteiger partial charge in [-0.05, 0) is 26.8 Å². The molecule has 1 aliphatic heterocycles. The van der Waals surface area contributed by atoms with E-state index in [-0.39, 0.29) is 4.75 Å². The van der Waals surface area contributed by atoms with Crippen molar-refractivity contribution in [2.75, 3.05) is 29.5 Å². The first-order valence-corrected chi connectivity index (χ1v) is 8.17. The first kappa shape index (κ1) is 13.0. The van der Waals surface area contributed by atoms with Crippen LogP contribution in [0.4, 0.5) is 11.8 Å². The number of nitrogens with two attached hydrogens (primary N) is 1. The maximum absolute atomic E-state index is 5.86. The van der Waals surface area contributed by atoms with Crippen LogP contribution in [0.2, 0.25) is 0 Å². The summed E-state index contributed by atoms with van der Waals surface area (Å²) in [5.41, 5.74) is 5.86. The molecule has 0 saturated carbocycles. The predicted molar refractivity (Wildman–Crippen MR) is 85.3 cm³/mol. The lowest BCUT2D eigenvalue weighted by molar-refractivity contribution is 0.644. The number of rotatable bonds is 1. The van der Waals surface area contributed by atoms with E-state index in [2.05, 4.69) is 41.7 Å². The van der Waals surface area contributed by atoms with Crippen molar-refractivity contribution in [1.82, 2.24) is 9.97 Å². The Balaban J connectivity index is 2.08. The van der Waals surface area contributed by atoms with E-state index in [4.69, 9.17) is 5.73 Å². The Morgan fingerprint density at radius 1 is 1.37 bits per heavy atom. The number of anilines is 2. The van der Waals surface area contributed by atoms with Gasteiger partial charge in [0.2, 0.25) is 5.95 Å².